The SMILES string of the molecule is O=C(c1ccc(N2CCOC2=O)cc1)N1CCC[C@H](N2CCCC2)C1. The van der Waals surface area contributed by atoms with Gasteiger partial charge in [0.2, 0.25) is 0 Å². The summed E-state index contributed by atoms with van der Waals surface area (Å²) in [5.74, 6) is 0.0967. The fourth-order valence-corrected chi connectivity index (χ4v) is 4.14. The number of hydrogen-bond donors (Lipinski definition) is 0. The summed E-state index contributed by atoms with van der Waals surface area (Å²) in [5.41, 5.74) is 1.48. The molecule has 1 atom stereocenters. The standard InChI is InChI=1S/C19H25N3O3/c23-18(21-11-3-4-17(14-21)20-9-1-2-10-20)15-5-7-16(8-6-15)22-12-13-25-19(22)24/h5-8,17H,1-4,9-14H2/t17-/m0/s1. The number of carbonyl (C=O) groups excluding carboxylic acids is 2. The summed E-state index contributed by atoms with van der Waals surface area (Å²) in [7, 11) is 0. The van der Waals surface area contributed by atoms with E-state index in [2.05, 4.69) is 4.90 Å². The van der Waals surface area contributed by atoms with Crippen molar-refractivity contribution in [3.63, 3.8) is 0 Å². The number of nitrogens with zero attached hydrogens (tertiary/aromatic N) is 3. The van der Waals surface area contributed by atoms with Gasteiger partial charge in [-0.05, 0) is 63.0 Å². The largest absolute Gasteiger partial charge is 0.447 e. The molecule has 6 nitrogen and oxygen atoms in total. The fourth-order valence-electron chi connectivity index (χ4n) is 4.14. The van der Waals surface area contributed by atoms with Crippen LogP contribution in [0, 0.1) is 0 Å². The van der Waals surface area contributed by atoms with Crippen molar-refractivity contribution in [3.05, 3.63) is 29.8 Å². The Balaban J connectivity index is 1.42. The summed E-state index contributed by atoms with van der Waals surface area (Å²) >= 11 is 0. The van der Waals surface area contributed by atoms with Gasteiger partial charge in [-0.1, -0.05) is 0 Å². The minimum atomic E-state index is -0.316. The van der Waals surface area contributed by atoms with E-state index in [1.807, 2.05) is 29.2 Å². The van der Waals surface area contributed by atoms with Crippen LogP contribution in [0.3, 0.4) is 0 Å². The molecule has 3 aliphatic rings. The van der Waals surface area contributed by atoms with Crippen molar-refractivity contribution in [1.82, 2.24) is 9.80 Å². The van der Waals surface area contributed by atoms with E-state index in [-0.39, 0.29) is 12.0 Å². The molecule has 0 spiro atoms. The highest BCUT2D eigenvalue weighted by molar-refractivity contribution is 5.95. The van der Waals surface area contributed by atoms with E-state index in [1.54, 1.807) is 4.90 Å². The average molecular weight is 343 g/mol. The Labute approximate surface area is 148 Å². The number of likely N-dealkylation sites (tertiary alicyclic amines) is 2. The zero-order chi connectivity index (χ0) is 17.2. The lowest BCUT2D eigenvalue weighted by Crippen LogP contribution is -2.49. The minimum Gasteiger partial charge on any atom is -0.447 e. The van der Waals surface area contributed by atoms with E-state index < -0.39 is 0 Å². The van der Waals surface area contributed by atoms with Gasteiger partial charge in [0.1, 0.15) is 6.61 Å². The second kappa shape index (κ2) is 7.04. The van der Waals surface area contributed by atoms with Gasteiger partial charge in [0.15, 0.2) is 0 Å². The first-order chi connectivity index (χ1) is 12.2. The summed E-state index contributed by atoms with van der Waals surface area (Å²) in [4.78, 5) is 30.6. The van der Waals surface area contributed by atoms with Crippen molar-refractivity contribution in [2.45, 2.75) is 31.7 Å². The number of amides is 2. The predicted molar refractivity (Wildman–Crippen MR) is 94.9 cm³/mol. The molecule has 134 valence electrons. The van der Waals surface area contributed by atoms with Gasteiger partial charge < -0.3 is 9.64 Å². The lowest BCUT2D eigenvalue weighted by Gasteiger charge is -2.37. The first kappa shape index (κ1) is 16.4. The molecule has 6 heteroatoms. The lowest BCUT2D eigenvalue weighted by atomic mass is 10.0. The molecule has 0 saturated carbocycles. The molecule has 3 aliphatic heterocycles. The van der Waals surface area contributed by atoms with Crippen molar-refractivity contribution in [1.29, 1.82) is 0 Å². The third-order valence-corrected chi connectivity index (χ3v) is 5.53. The fraction of sp³-hybridized carbons (Fsp3) is 0.579. The average Bonchev–Trinajstić information content (AvgIpc) is 3.33. The van der Waals surface area contributed by atoms with E-state index in [1.165, 1.54) is 32.4 Å². The third-order valence-electron chi connectivity index (χ3n) is 5.53. The molecule has 0 aliphatic carbocycles. The zero-order valence-corrected chi connectivity index (χ0v) is 14.5. The first-order valence-electron chi connectivity index (χ1n) is 9.30. The second-order valence-electron chi connectivity index (χ2n) is 7.10. The van der Waals surface area contributed by atoms with E-state index in [4.69, 9.17) is 4.74 Å². The third kappa shape index (κ3) is 3.35. The maximum absolute atomic E-state index is 12.9. The van der Waals surface area contributed by atoms with Crippen LogP contribution in [0.5, 0.6) is 0 Å². The van der Waals surface area contributed by atoms with Gasteiger partial charge in [-0.25, -0.2) is 4.79 Å². The molecule has 0 unspecified atom stereocenters. The van der Waals surface area contributed by atoms with Gasteiger partial charge in [-0.2, -0.15) is 0 Å². The highest BCUT2D eigenvalue weighted by atomic mass is 16.6. The number of piperidine rings is 1. The summed E-state index contributed by atoms with van der Waals surface area (Å²) < 4.78 is 4.96. The maximum Gasteiger partial charge on any atom is 0.414 e. The molecule has 1 aromatic carbocycles. The molecule has 0 bridgehead atoms. The number of rotatable bonds is 3. The van der Waals surface area contributed by atoms with Crippen LogP contribution in [0.4, 0.5) is 10.5 Å². The number of carbonyl (C=O) groups is 2. The molecular formula is C19H25N3O3. The molecule has 3 heterocycles. The lowest BCUT2D eigenvalue weighted by molar-refractivity contribution is 0.0608. The Morgan fingerprint density at radius 2 is 1.76 bits per heavy atom. The Bertz CT molecular complexity index is 640. The van der Waals surface area contributed by atoms with Crippen molar-refractivity contribution in [2.75, 3.05) is 44.2 Å². The van der Waals surface area contributed by atoms with Crippen molar-refractivity contribution < 1.29 is 14.3 Å². The topological polar surface area (TPSA) is 53.1 Å². The molecule has 1 aromatic rings. The van der Waals surface area contributed by atoms with Crippen LogP contribution in [0.25, 0.3) is 0 Å². The second-order valence-corrected chi connectivity index (χ2v) is 7.10. The van der Waals surface area contributed by atoms with Crippen molar-refractivity contribution in [3.8, 4) is 0 Å². The molecule has 25 heavy (non-hydrogen) atoms. The summed E-state index contributed by atoms with van der Waals surface area (Å²) in [6.45, 7) is 5.00. The summed E-state index contributed by atoms with van der Waals surface area (Å²) in [5, 5.41) is 0. The molecule has 0 N–H and O–H groups in total. The van der Waals surface area contributed by atoms with E-state index in [0.29, 0.717) is 24.8 Å². The molecular weight excluding hydrogens is 318 g/mol. The highest BCUT2D eigenvalue weighted by Crippen LogP contribution is 2.23. The van der Waals surface area contributed by atoms with Crippen LogP contribution >= 0.6 is 0 Å². The molecule has 2 amide bonds. The van der Waals surface area contributed by atoms with Gasteiger partial charge in [0.25, 0.3) is 5.91 Å². The molecule has 3 saturated heterocycles. The Morgan fingerprint density at radius 3 is 2.44 bits per heavy atom. The number of benzene rings is 1. The van der Waals surface area contributed by atoms with Gasteiger partial charge in [0.05, 0.1) is 6.54 Å². The summed E-state index contributed by atoms with van der Waals surface area (Å²) in [6.07, 6.45) is 4.52. The molecule has 3 fully saturated rings. The molecule has 4 rings (SSSR count). The van der Waals surface area contributed by atoms with Gasteiger partial charge in [0, 0.05) is 30.4 Å². The Morgan fingerprint density at radius 1 is 1.00 bits per heavy atom. The van der Waals surface area contributed by atoms with Crippen molar-refractivity contribution >= 4 is 17.7 Å². The smallest absolute Gasteiger partial charge is 0.414 e. The Kier molecular flexibility index (Phi) is 4.61. The van der Waals surface area contributed by atoms with Gasteiger partial charge in [-0.3, -0.25) is 14.6 Å². The quantitative estimate of drug-likeness (QED) is 0.845. The predicted octanol–water partition coefficient (Wildman–Crippen LogP) is 2.34. The van der Waals surface area contributed by atoms with Crippen LogP contribution in [0.1, 0.15) is 36.0 Å². The van der Waals surface area contributed by atoms with Crippen LogP contribution in [0.2, 0.25) is 0 Å². The molecule has 0 radical (unpaired) electrons. The van der Waals surface area contributed by atoms with E-state index in [0.717, 1.165) is 25.2 Å². The number of anilines is 1. The summed E-state index contributed by atoms with van der Waals surface area (Å²) in [6, 6.07) is 7.83. The van der Waals surface area contributed by atoms with Crippen LogP contribution in [-0.2, 0) is 4.74 Å². The number of cyclic esters (lactones) is 1. The highest BCUT2D eigenvalue weighted by Gasteiger charge is 2.30. The Hall–Kier alpha value is -2.08. The van der Waals surface area contributed by atoms with Gasteiger partial charge in [-0.15, -0.1) is 0 Å². The van der Waals surface area contributed by atoms with E-state index in [9.17, 15) is 9.59 Å². The van der Waals surface area contributed by atoms with Crippen LogP contribution in [-0.4, -0.2) is 67.2 Å². The zero-order valence-electron chi connectivity index (χ0n) is 14.5. The molecule has 0 aromatic heterocycles. The monoisotopic (exact) mass is 343 g/mol. The minimum absolute atomic E-state index is 0.0967. The van der Waals surface area contributed by atoms with E-state index >= 15 is 0 Å². The van der Waals surface area contributed by atoms with Crippen molar-refractivity contribution in [2.24, 2.45) is 0 Å². The number of ether oxygens (including phenoxy) is 1. The van der Waals surface area contributed by atoms with Crippen LogP contribution in [0.15, 0.2) is 24.3 Å². The first-order valence-corrected chi connectivity index (χ1v) is 9.30. The maximum atomic E-state index is 12.9. The van der Waals surface area contributed by atoms with Crippen LogP contribution < -0.4 is 4.90 Å². The number of hydrogen-bond acceptors (Lipinski definition) is 4. The normalized spacial score (nSPS) is 24.6. The van der Waals surface area contributed by atoms with Gasteiger partial charge >= 0.3 is 6.09 Å².